The summed E-state index contributed by atoms with van der Waals surface area (Å²) in [6.07, 6.45) is 3.53. The van der Waals surface area contributed by atoms with Crippen molar-refractivity contribution >= 4 is 28.7 Å². The first kappa shape index (κ1) is 19.0. The average molecular weight is 409 g/mol. The molecule has 6 nitrogen and oxygen atoms in total. The molecule has 1 atom stereocenters. The van der Waals surface area contributed by atoms with Crippen LogP contribution in [0.5, 0.6) is 0 Å². The normalized spacial score (nSPS) is 18.0. The zero-order chi connectivity index (χ0) is 20.6. The van der Waals surface area contributed by atoms with Crippen LogP contribution in [0.1, 0.15) is 11.1 Å². The number of rotatable bonds is 4. The van der Waals surface area contributed by atoms with E-state index in [2.05, 4.69) is 27.1 Å². The molecule has 0 aliphatic carbocycles. The second kappa shape index (κ2) is 7.24. The summed E-state index contributed by atoms with van der Waals surface area (Å²) in [6, 6.07) is 14.4. The van der Waals surface area contributed by atoms with Gasteiger partial charge in [0.05, 0.1) is 22.5 Å². The standard InChI is InChI=1S/C21H18ClFN6/c1-25-21(28-14-7-8-18(23)17(22)9-14)15-5-3-4-6-19(15)27-20(16(21)10-24)13-11-26-29(2)12-13/h3-9,11-12,25,27-28H,1-2H3. The molecule has 1 aliphatic heterocycles. The van der Waals surface area contributed by atoms with Gasteiger partial charge in [0.1, 0.15) is 11.9 Å². The third-order valence-corrected chi connectivity index (χ3v) is 5.24. The van der Waals surface area contributed by atoms with Gasteiger partial charge in [0.15, 0.2) is 5.66 Å². The fourth-order valence-electron chi connectivity index (χ4n) is 3.59. The van der Waals surface area contributed by atoms with Crippen LogP contribution in [-0.2, 0) is 12.7 Å². The number of likely N-dealkylation sites (N-methyl/N-ethyl adjacent to an activating group) is 1. The fourth-order valence-corrected chi connectivity index (χ4v) is 3.77. The Hall–Kier alpha value is -3.34. The number of fused-ring (bicyclic) bond motifs is 1. The Kier molecular flexibility index (Phi) is 4.74. The lowest BCUT2D eigenvalue weighted by Crippen LogP contribution is -2.51. The van der Waals surface area contributed by atoms with E-state index in [9.17, 15) is 9.65 Å². The van der Waals surface area contributed by atoms with Crippen molar-refractivity contribution in [2.45, 2.75) is 5.66 Å². The van der Waals surface area contributed by atoms with Gasteiger partial charge in [0.25, 0.3) is 0 Å². The minimum atomic E-state index is -1.07. The van der Waals surface area contributed by atoms with Crippen LogP contribution in [0.4, 0.5) is 15.8 Å². The van der Waals surface area contributed by atoms with Crippen molar-refractivity contribution in [1.29, 1.82) is 5.26 Å². The van der Waals surface area contributed by atoms with Crippen molar-refractivity contribution < 1.29 is 4.39 Å². The molecule has 1 unspecified atom stereocenters. The average Bonchev–Trinajstić information content (AvgIpc) is 3.16. The van der Waals surface area contributed by atoms with E-state index >= 15 is 0 Å². The Morgan fingerprint density at radius 3 is 2.72 bits per heavy atom. The van der Waals surface area contributed by atoms with Crippen molar-refractivity contribution in [3.05, 3.63) is 82.4 Å². The largest absolute Gasteiger partial charge is 0.359 e. The lowest BCUT2D eigenvalue weighted by molar-refractivity contribution is 0.501. The smallest absolute Gasteiger partial charge is 0.155 e. The molecule has 0 fully saturated rings. The van der Waals surface area contributed by atoms with E-state index < -0.39 is 11.5 Å². The molecule has 29 heavy (non-hydrogen) atoms. The Labute approximate surface area is 172 Å². The monoisotopic (exact) mass is 408 g/mol. The molecule has 2 heterocycles. The molecule has 3 N–H and O–H groups in total. The molecule has 4 rings (SSSR count). The minimum absolute atomic E-state index is 0.00144. The van der Waals surface area contributed by atoms with Crippen LogP contribution in [0.25, 0.3) is 5.70 Å². The number of nitrogens with zero attached hydrogens (tertiary/aromatic N) is 3. The topological polar surface area (TPSA) is 77.7 Å². The summed E-state index contributed by atoms with van der Waals surface area (Å²) in [5.74, 6) is -0.506. The van der Waals surface area contributed by atoms with Crippen LogP contribution < -0.4 is 16.0 Å². The lowest BCUT2D eigenvalue weighted by atomic mass is 9.84. The van der Waals surface area contributed by atoms with Crippen LogP contribution in [0, 0.1) is 17.1 Å². The molecule has 0 saturated carbocycles. The van der Waals surface area contributed by atoms with Crippen LogP contribution >= 0.6 is 11.6 Å². The third-order valence-electron chi connectivity index (χ3n) is 4.95. The number of anilines is 2. The number of aromatic nitrogens is 2. The predicted octanol–water partition coefficient (Wildman–Crippen LogP) is 4.06. The van der Waals surface area contributed by atoms with Crippen molar-refractivity contribution in [3.8, 4) is 6.07 Å². The summed E-state index contributed by atoms with van der Waals surface area (Å²) in [7, 11) is 3.58. The van der Waals surface area contributed by atoms with Gasteiger partial charge in [-0.25, -0.2) is 4.39 Å². The molecule has 0 saturated heterocycles. The van der Waals surface area contributed by atoms with E-state index in [1.807, 2.05) is 37.5 Å². The van der Waals surface area contributed by atoms with Crippen LogP contribution in [0.15, 0.2) is 60.4 Å². The number of benzene rings is 2. The van der Waals surface area contributed by atoms with Gasteiger partial charge in [-0.05, 0) is 31.3 Å². The highest BCUT2D eigenvalue weighted by Crippen LogP contribution is 2.43. The molecule has 3 aromatic rings. The number of para-hydroxylation sites is 1. The zero-order valence-electron chi connectivity index (χ0n) is 15.8. The van der Waals surface area contributed by atoms with Crippen LogP contribution in [0.3, 0.4) is 0 Å². The number of halogens is 2. The molecular formula is C21H18ClFN6. The van der Waals surface area contributed by atoms with E-state index in [-0.39, 0.29) is 5.02 Å². The van der Waals surface area contributed by atoms with Crippen LogP contribution in [0.2, 0.25) is 5.02 Å². The zero-order valence-corrected chi connectivity index (χ0v) is 16.5. The van der Waals surface area contributed by atoms with Crippen molar-refractivity contribution in [2.75, 3.05) is 17.7 Å². The summed E-state index contributed by atoms with van der Waals surface area (Å²) in [6.45, 7) is 0. The molecule has 146 valence electrons. The van der Waals surface area contributed by atoms with Gasteiger partial charge in [0, 0.05) is 35.7 Å². The summed E-state index contributed by atoms with van der Waals surface area (Å²) in [5, 5.41) is 24.4. The van der Waals surface area contributed by atoms with E-state index in [0.717, 1.165) is 16.8 Å². The molecule has 0 bridgehead atoms. The highest BCUT2D eigenvalue weighted by Gasteiger charge is 2.43. The molecule has 1 aromatic heterocycles. The first-order valence-corrected chi connectivity index (χ1v) is 9.29. The van der Waals surface area contributed by atoms with E-state index in [4.69, 9.17) is 11.6 Å². The SMILES string of the molecule is CNC1(Nc2ccc(F)c(Cl)c2)C(C#N)=C(c2cnn(C)c2)Nc2ccccc21. The quantitative estimate of drug-likeness (QED) is 0.567. The van der Waals surface area contributed by atoms with E-state index in [1.165, 1.54) is 12.1 Å². The first-order valence-electron chi connectivity index (χ1n) is 8.91. The van der Waals surface area contributed by atoms with Gasteiger partial charge in [-0.3, -0.25) is 10.00 Å². The third kappa shape index (κ3) is 3.12. The van der Waals surface area contributed by atoms with Gasteiger partial charge >= 0.3 is 0 Å². The summed E-state index contributed by atoms with van der Waals surface area (Å²) >= 11 is 5.98. The maximum atomic E-state index is 13.7. The van der Waals surface area contributed by atoms with Crippen molar-refractivity contribution in [3.63, 3.8) is 0 Å². The maximum Gasteiger partial charge on any atom is 0.155 e. The Bertz CT molecular complexity index is 1160. The first-order chi connectivity index (χ1) is 14.0. The van der Waals surface area contributed by atoms with Gasteiger partial charge < -0.3 is 10.6 Å². The molecule has 2 aromatic carbocycles. The second-order valence-electron chi connectivity index (χ2n) is 6.69. The molecule has 0 radical (unpaired) electrons. The molecule has 0 amide bonds. The lowest BCUT2D eigenvalue weighted by Gasteiger charge is -2.41. The predicted molar refractivity (Wildman–Crippen MR) is 112 cm³/mol. The second-order valence-corrected chi connectivity index (χ2v) is 7.10. The number of nitriles is 1. The van der Waals surface area contributed by atoms with Crippen molar-refractivity contribution in [1.82, 2.24) is 15.1 Å². The Morgan fingerprint density at radius 1 is 1.28 bits per heavy atom. The molecule has 0 spiro atoms. The Morgan fingerprint density at radius 2 is 2.07 bits per heavy atom. The molecule has 8 heteroatoms. The number of hydrogen-bond acceptors (Lipinski definition) is 5. The van der Waals surface area contributed by atoms with Crippen LogP contribution in [-0.4, -0.2) is 16.8 Å². The summed E-state index contributed by atoms with van der Waals surface area (Å²) in [4.78, 5) is 0. The number of hydrogen-bond donors (Lipinski definition) is 3. The highest BCUT2D eigenvalue weighted by atomic mass is 35.5. The van der Waals surface area contributed by atoms with Gasteiger partial charge in [-0.2, -0.15) is 10.4 Å². The van der Waals surface area contributed by atoms with Crippen molar-refractivity contribution in [2.24, 2.45) is 7.05 Å². The van der Waals surface area contributed by atoms with Gasteiger partial charge in [0.2, 0.25) is 0 Å². The van der Waals surface area contributed by atoms with E-state index in [0.29, 0.717) is 17.0 Å². The molecular weight excluding hydrogens is 391 g/mol. The minimum Gasteiger partial charge on any atom is -0.359 e. The summed E-state index contributed by atoms with van der Waals surface area (Å²) in [5.41, 5.74) is 3.00. The van der Waals surface area contributed by atoms with E-state index in [1.54, 1.807) is 24.0 Å². The maximum absolute atomic E-state index is 13.7. The van der Waals surface area contributed by atoms with Gasteiger partial charge in [-0.1, -0.05) is 29.8 Å². The summed E-state index contributed by atoms with van der Waals surface area (Å²) < 4.78 is 15.3. The fraction of sp³-hybridized carbons (Fsp3) is 0.143. The van der Waals surface area contributed by atoms with Gasteiger partial charge in [-0.15, -0.1) is 0 Å². The highest BCUT2D eigenvalue weighted by molar-refractivity contribution is 6.31. The number of nitrogens with one attached hydrogen (secondary N) is 3. The Balaban J connectivity index is 1.95. The number of aryl methyl sites for hydroxylation is 1. The molecule has 1 aliphatic rings.